The molecule has 1 aliphatic heterocycles. The molecule has 1 aliphatic rings. The number of halogens is 2. The standard InChI is InChI=1S/C27H23BrFNO5/c1-34-21-12-3-16(15-22(21)35-2)13-14-30-24(17-4-8-19(28)9-5-17)23(26(32)27(30)33)25(31)18-6-10-20(29)11-7-18/h3-12,15,24,31H,13-14H2,1-2H3. The highest BCUT2D eigenvalue weighted by molar-refractivity contribution is 9.10. The lowest BCUT2D eigenvalue weighted by Crippen LogP contribution is -2.31. The fraction of sp³-hybridized carbons (Fsp3) is 0.185. The first-order valence-electron chi connectivity index (χ1n) is 10.8. The van der Waals surface area contributed by atoms with Crippen LogP contribution in [-0.4, -0.2) is 42.5 Å². The number of aliphatic hydroxyl groups excluding tert-OH is 1. The van der Waals surface area contributed by atoms with Crippen LogP contribution in [0, 0.1) is 5.82 Å². The smallest absolute Gasteiger partial charge is 0.295 e. The van der Waals surface area contributed by atoms with E-state index < -0.39 is 23.5 Å². The molecule has 3 aromatic carbocycles. The van der Waals surface area contributed by atoms with E-state index in [1.54, 1.807) is 32.4 Å². The van der Waals surface area contributed by atoms with Gasteiger partial charge in [-0.15, -0.1) is 0 Å². The molecular weight excluding hydrogens is 517 g/mol. The summed E-state index contributed by atoms with van der Waals surface area (Å²) in [6.45, 7) is 0.223. The highest BCUT2D eigenvalue weighted by Gasteiger charge is 2.45. The minimum atomic E-state index is -0.798. The number of amides is 1. The number of rotatable bonds is 7. The fourth-order valence-electron chi connectivity index (χ4n) is 4.15. The number of hydrogen-bond donors (Lipinski definition) is 1. The van der Waals surface area contributed by atoms with Crippen LogP contribution in [0.4, 0.5) is 4.39 Å². The third kappa shape index (κ3) is 4.93. The van der Waals surface area contributed by atoms with E-state index in [-0.39, 0.29) is 23.4 Å². The molecule has 0 spiro atoms. The van der Waals surface area contributed by atoms with Crippen molar-refractivity contribution in [2.24, 2.45) is 0 Å². The van der Waals surface area contributed by atoms with E-state index in [9.17, 15) is 19.1 Å². The third-order valence-electron chi connectivity index (χ3n) is 5.93. The fourth-order valence-corrected chi connectivity index (χ4v) is 4.42. The molecule has 35 heavy (non-hydrogen) atoms. The van der Waals surface area contributed by atoms with E-state index in [1.807, 2.05) is 24.3 Å². The van der Waals surface area contributed by atoms with Crippen LogP contribution in [-0.2, 0) is 16.0 Å². The van der Waals surface area contributed by atoms with Crippen LogP contribution in [0.15, 0.2) is 76.8 Å². The van der Waals surface area contributed by atoms with Crippen LogP contribution in [0.2, 0.25) is 0 Å². The Bertz CT molecular complexity index is 1290. The van der Waals surface area contributed by atoms with Crippen molar-refractivity contribution in [2.45, 2.75) is 12.5 Å². The molecule has 0 bridgehead atoms. The SMILES string of the molecule is COc1ccc(CCN2C(=O)C(=O)C(=C(O)c3ccc(F)cc3)C2c2ccc(Br)cc2)cc1OC. The Labute approximate surface area is 210 Å². The molecule has 0 saturated carbocycles. The molecule has 180 valence electrons. The second kappa shape index (κ2) is 10.3. The van der Waals surface area contributed by atoms with Crippen LogP contribution in [0.5, 0.6) is 11.5 Å². The van der Waals surface area contributed by atoms with Crippen molar-refractivity contribution < 1.29 is 28.6 Å². The van der Waals surface area contributed by atoms with Crippen molar-refractivity contribution >= 4 is 33.4 Å². The van der Waals surface area contributed by atoms with Crippen molar-refractivity contribution in [1.29, 1.82) is 0 Å². The predicted octanol–water partition coefficient (Wildman–Crippen LogP) is 5.27. The summed E-state index contributed by atoms with van der Waals surface area (Å²) in [5.74, 6) is -1.15. The van der Waals surface area contributed by atoms with Crippen LogP contribution in [0.25, 0.3) is 5.76 Å². The summed E-state index contributed by atoms with van der Waals surface area (Å²) in [6, 6.07) is 17.0. The molecule has 1 unspecified atom stereocenters. The van der Waals surface area contributed by atoms with Crippen molar-refractivity contribution in [3.63, 3.8) is 0 Å². The van der Waals surface area contributed by atoms with E-state index in [4.69, 9.17) is 9.47 Å². The van der Waals surface area contributed by atoms with Crippen molar-refractivity contribution in [2.75, 3.05) is 20.8 Å². The van der Waals surface area contributed by atoms with E-state index >= 15 is 0 Å². The van der Waals surface area contributed by atoms with Gasteiger partial charge in [-0.25, -0.2) is 4.39 Å². The number of aliphatic hydroxyl groups is 1. The molecule has 1 amide bonds. The first-order valence-corrected chi connectivity index (χ1v) is 11.6. The van der Waals surface area contributed by atoms with Gasteiger partial charge in [-0.1, -0.05) is 34.1 Å². The van der Waals surface area contributed by atoms with Crippen molar-refractivity contribution in [3.8, 4) is 11.5 Å². The summed E-state index contributed by atoms with van der Waals surface area (Å²) >= 11 is 3.40. The van der Waals surface area contributed by atoms with Gasteiger partial charge in [0.15, 0.2) is 11.5 Å². The Morgan fingerprint density at radius 1 is 0.971 bits per heavy atom. The second-order valence-corrected chi connectivity index (χ2v) is 8.91. The molecular formula is C27H23BrFNO5. The number of ether oxygens (including phenoxy) is 2. The average Bonchev–Trinajstić information content (AvgIpc) is 3.12. The molecule has 1 heterocycles. The molecule has 8 heteroatoms. The Morgan fingerprint density at radius 3 is 2.26 bits per heavy atom. The Balaban J connectivity index is 1.73. The molecule has 6 nitrogen and oxygen atoms in total. The maximum atomic E-state index is 13.4. The van der Waals surface area contributed by atoms with Gasteiger partial charge in [0.05, 0.1) is 25.8 Å². The van der Waals surface area contributed by atoms with Gasteiger partial charge in [0.2, 0.25) is 0 Å². The van der Waals surface area contributed by atoms with Gasteiger partial charge >= 0.3 is 0 Å². The van der Waals surface area contributed by atoms with Gasteiger partial charge in [-0.2, -0.15) is 0 Å². The van der Waals surface area contributed by atoms with Gasteiger partial charge in [0, 0.05) is 16.6 Å². The number of carbonyl (C=O) groups excluding carboxylic acids is 2. The van der Waals surface area contributed by atoms with Crippen molar-refractivity contribution in [3.05, 3.63) is 99.3 Å². The molecule has 0 aliphatic carbocycles. The zero-order valence-corrected chi connectivity index (χ0v) is 20.7. The Hall–Kier alpha value is -3.65. The molecule has 3 aromatic rings. The van der Waals surface area contributed by atoms with E-state index in [0.29, 0.717) is 23.5 Å². The largest absolute Gasteiger partial charge is 0.507 e. The number of likely N-dealkylation sites (tertiary alicyclic amines) is 1. The summed E-state index contributed by atoms with van der Waals surface area (Å²) in [7, 11) is 3.10. The van der Waals surface area contributed by atoms with Crippen LogP contribution in [0.3, 0.4) is 0 Å². The molecule has 1 atom stereocenters. The predicted molar refractivity (Wildman–Crippen MR) is 133 cm³/mol. The van der Waals surface area contributed by atoms with Crippen LogP contribution < -0.4 is 9.47 Å². The number of benzene rings is 3. The topological polar surface area (TPSA) is 76.1 Å². The van der Waals surface area contributed by atoms with Gasteiger partial charge in [-0.05, 0) is 66.1 Å². The Morgan fingerprint density at radius 2 is 1.63 bits per heavy atom. The summed E-state index contributed by atoms with van der Waals surface area (Å²) in [6.07, 6.45) is 0.441. The third-order valence-corrected chi connectivity index (χ3v) is 6.46. The average molecular weight is 540 g/mol. The molecule has 0 radical (unpaired) electrons. The van der Waals surface area contributed by atoms with Gasteiger partial charge in [-0.3, -0.25) is 9.59 Å². The zero-order chi connectivity index (χ0) is 25.1. The lowest BCUT2D eigenvalue weighted by atomic mass is 9.95. The lowest BCUT2D eigenvalue weighted by molar-refractivity contribution is -0.139. The monoisotopic (exact) mass is 539 g/mol. The Kier molecular flexibility index (Phi) is 7.21. The highest BCUT2D eigenvalue weighted by atomic mass is 79.9. The molecule has 4 rings (SSSR count). The first kappa shape index (κ1) is 24.5. The number of hydrogen-bond acceptors (Lipinski definition) is 5. The van der Waals surface area contributed by atoms with Crippen LogP contribution >= 0.6 is 15.9 Å². The van der Waals surface area contributed by atoms with E-state index in [2.05, 4.69) is 15.9 Å². The summed E-state index contributed by atoms with van der Waals surface area (Å²) < 4.78 is 24.9. The molecule has 1 fully saturated rings. The normalized spacial score (nSPS) is 17.0. The van der Waals surface area contributed by atoms with E-state index in [0.717, 1.165) is 10.0 Å². The second-order valence-electron chi connectivity index (χ2n) is 7.99. The number of methoxy groups -OCH3 is 2. The van der Waals surface area contributed by atoms with Crippen molar-refractivity contribution in [1.82, 2.24) is 4.90 Å². The minimum Gasteiger partial charge on any atom is -0.507 e. The summed E-state index contributed by atoms with van der Waals surface area (Å²) in [5.41, 5.74) is 1.78. The zero-order valence-electron chi connectivity index (χ0n) is 19.1. The van der Waals surface area contributed by atoms with Gasteiger partial charge in [0.25, 0.3) is 11.7 Å². The summed E-state index contributed by atoms with van der Waals surface area (Å²) in [4.78, 5) is 27.7. The van der Waals surface area contributed by atoms with Crippen LogP contribution in [0.1, 0.15) is 22.7 Å². The number of carbonyl (C=O) groups is 2. The first-order chi connectivity index (χ1) is 16.8. The van der Waals surface area contributed by atoms with Gasteiger partial charge < -0.3 is 19.5 Å². The summed E-state index contributed by atoms with van der Waals surface area (Å²) in [5, 5.41) is 11.0. The molecule has 0 aromatic heterocycles. The number of Topliss-reactive ketones (excluding diaryl/α,β-unsaturated/α-hetero) is 1. The minimum absolute atomic E-state index is 0.0313. The van der Waals surface area contributed by atoms with E-state index in [1.165, 1.54) is 29.2 Å². The maximum absolute atomic E-state index is 13.4. The highest BCUT2D eigenvalue weighted by Crippen LogP contribution is 2.40. The van der Waals surface area contributed by atoms with Gasteiger partial charge in [0.1, 0.15) is 11.6 Å². The lowest BCUT2D eigenvalue weighted by Gasteiger charge is -2.25. The quantitative estimate of drug-likeness (QED) is 0.251. The number of ketones is 1. The maximum Gasteiger partial charge on any atom is 0.295 e. The molecule has 1 N–H and O–H groups in total. The molecule has 1 saturated heterocycles. The number of nitrogens with zero attached hydrogens (tertiary/aromatic N) is 1.